The van der Waals surface area contributed by atoms with Crippen molar-refractivity contribution in [2.24, 2.45) is 0 Å². The summed E-state index contributed by atoms with van der Waals surface area (Å²) in [5, 5.41) is -0.962. The van der Waals surface area contributed by atoms with Crippen molar-refractivity contribution >= 4 is 14.6 Å². The maximum absolute atomic E-state index is 13.7. The molecule has 0 amide bonds. The number of benzene rings is 1. The van der Waals surface area contributed by atoms with Gasteiger partial charge in [0, 0.05) is 5.56 Å². The first-order valence-electron chi connectivity index (χ1n) is 6.19. The molecule has 1 rings (SSSR count). The van der Waals surface area contributed by atoms with Gasteiger partial charge in [-0.15, -0.1) is 13.2 Å². The topological polar surface area (TPSA) is 9.23 Å². The van der Waals surface area contributed by atoms with Gasteiger partial charge in [0.2, 0.25) is 6.17 Å². The van der Waals surface area contributed by atoms with Gasteiger partial charge in [0.15, 0.2) is 0 Å². The van der Waals surface area contributed by atoms with Gasteiger partial charge in [-0.1, -0.05) is 43.4 Å². The molecule has 9 heteroatoms. The number of ether oxygens (including phenoxy) is 1. The molecular weight excluding hydrogens is 333 g/mol. The molecule has 0 saturated heterocycles. The maximum atomic E-state index is 13.7. The van der Waals surface area contributed by atoms with Gasteiger partial charge in [0.05, 0.1) is 8.80 Å². The second kappa shape index (κ2) is 6.72. The van der Waals surface area contributed by atoms with Crippen molar-refractivity contribution in [3.05, 3.63) is 41.1 Å². The molecule has 0 N–H and O–H groups in total. The maximum Gasteiger partial charge on any atom is 0.573 e. The highest BCUT2D eigenvalue weighted by molar-refractivity contribution is 6.65. The molecule has 1 aromatic rings. The highest BCUT2D eigenvalue weighted by Gasteiger charge is 2.46. The van der Waals surface area contributed by atoms with Crippen molar-refractivity contribution in [3.8, 4) is 0 Å². The van der Waals surface area contributed by atoms with Gasteiger partial charge in [-0.2, -0.15) is 13.2 Å². The average Bonchev–Trinajstić information content (AvgIpc) is 2.36. The Balaban J connectivity index is 3.53. The summed E-state index contributed by atoms with van der Waals surface area (Å²) in [6, 6.07) is 6.41. The molecule has 0 bridgehead atoms. The summed E-state index contributed by atoms with van der Waals surface area (Å²) >= 11 is 0. The van der Waals surface area contributed by atoms with Gasteiger partial charge in [0.25, 0.3) is 0 Å². The molecule has 0 aliphatic rings. The third-order valence-corrected chi connectivity index (χ3v) is 4.50. The van der Waals surface area contributed by atoms with E-state index in [1.165, 1.54) is 31.3 Å². The Morgan fingerprint density at radius 1 is 1.00 bits per heavy atom. The first-order chi connectivity index (χ1) is 9.93. The molecule has 0 heterocycles. The smallest absolute Gasteiger partial charge is 0.406 e. The summed E-state index contributed by atoms with van der Waals surface area (Å²) in [5.74, 6) is -1.10. The van der Waals surface area contributed by atoms with Crippen molar-refractivity contribution < 1.29 is 35.5 Å². The molecule has 1 nitrogen and oxygen atoms in total. The fraction of sp³-hybridized carbons (Fsp3) is 0.385. The van der Waals surface area contributed by atoms with Crippen LogP contribution in [0.1, 0.15) is 5.56 Å². The Morgan fingerprint density at radius 2 is 1.50 bits per heavy atom. The summed E-state index contributed by atoms with van der Waals surface area (Å²) in [4.78, 5) is 0. The van der Waals surface area contributed by atoms with Crippen LogP contribution >= 0.6 is 0 Å². The SMILES string of the molecule is C[SiH](C)C(=C(OC(F)(F)F)c1ccccc1)C(F)C(F)(F)F. The first-order valence-corrected chi connectivity index (χ1v) is 9.08. The van der Waals surface area contributed by atoms with E-state index in [4.69, 9.17) is 0 Å². The van der Waals surface area contributed by atoms with Gasteiger partial charge in [-0.3, -0.25) is 0 Å². The molecule has 1 unspecified atom stereocenters. The van der Waals surface area contributed by atoms with E-state index in [2.05, 4.69) is 4.74 Å². The van der Waals surface area contributed by atoms with Crippen LogP contribution in [0.4, 0.5) is 30.7 Å². The third-order valence-electron chi connectivity index (χ3n) is 2.70. The van der Waals surface area contributed by atoms with E-state index >= 15 is 0 Å². The van der Waals surface area contributed by atoms with Crippen molar-refractivity contribution in [1.29, 1.82) is 0 Å². The molecule has 124 valence electrons. The Hall–Kier alpha value is -1.51. The van der Waals surface area contributed by atoms with Crippen LogP contribution in [0.15, 0.2) is 35.5 Å². The lowest BCUT2D eigenvalue weighted by atomic mass is 10.1. The van der Waals surface area contributed by atoms with Gasteiger partial charge in [0.1, 0.15) is 5.76 Å². The molecule has 0 aliphatic carbocycles. The number of hydrogen-bond acceptors (Lipinski definition) is 1. The van der Waals surface area contributed by atoms with Crippen LogP contribution in [0.2, 0.25) is 13.1 Å². The molecule has 0 saturated carbocycles. The summed E-state index contributed by atoms with van der Waals surface area (Å²) in [7, 11) is -2.60. The standard InChI is InChI=1S/C13H13F7OSi/c1-22(2)10(11(14)12(15,16)17)9(21-13(18,19)20)8-6-4-3-5-7-8/h3-7,11,22H,1-2H3. The number of alkyl halides is 7. The quantitative estimate of drug-likeness (QED) is 0.430. The second-order valence-corrected chi connectivity index (χ2v) is 7.69. The summed E-state index contributed by atoms with van der Waals surface area (Å²) < 4.78 is 93.0. The van der Waals surface area contributed by atoms with E-state index in [1.54, 1.807) is 0 Å². The predicted molar refractivity (Wildman–Crippen MR) is 70.3 cm³/mol. The highest BCUT2D eigenvalue weighted by Crippen LogP contribution is 2.37. The molecule has 0 radical (unpaired) electrons. The average molecular weight is 346 g/mol. The van der Waals surface area contributed by atoms with Crippen LogP contribution in [0.5, 0.6) is 0 Å². The molecule has 1 aromatic carbocycles. The van der Waals surface area contributed by atoms with Gasteiger partial charge >= 0.3 is 12.5 Å². The Kier molecular flexibility index (Phi) is 5.66. The van der Waals surface area contributed by atoms with E-state index in [1.807, 2.05) is 0 Å². The van der Waals surface area contributed by atoms with Crippen LogP contribution in [0.3, 0.4) is 0 Å². The van der Waals surface area contributed by atoms with Crippen molar-refractivity contribution in [2.75, 3.05) is 0 Å². The van der Waals surface area contributed by atoms with Gasteiger partial charge < -0.3 is 4.74 Å². The Bertz CT molecular complexity index is 519. The van der Waals surface area contributed by atoms with Gasteiger partial charge in [-0.05, 0) is 5.20 Å². The molecular formula is C13H13F7OSi. The lowest BCUT2D eigenvalue weighted by Gasteiger charge is -2.24. The second-order valence-electron chi connectivity index (χ2n) is 4.76. The minimum absolute atomic E-state index is 0.247. The Labute approximate surface area is 124 Å². The zero-order valence-corrected chi connectivity index (χ0v) is 12.8. The van der Waals surface area contributed by atoms with Crippen molar-refractivity contribution in [2.45, 2.75) is 31.8 Å². The fourth-order valence-corrected chi connectivity index (χ4v) is 3.36. The number of halogens is 7. The third kappa shape index (κ3) is 5.04. The number of hydrogen-bond donors (Lipinski definition) is 0. The van der Waals surface area contributed by atoms with E-state index < -0.39 is 38.5 Å². The molecule has 0 spiro atoms. The molecule has 0 fully saturated rings. The van der Waals surface area contributed by atoms with E-state index in [9.17, 15) is 30.7 Å². The zero-order chi connectivity index (χ0) is 17.1. The molecule has 22 heavy (non-hydrogen) atoms. The van der Waals surface area contributed by atoms with Crippen molar-refractivity contribution in [1.82, 2.24) is 0 Å². The Morgan fingerprint density at radius 3 is 1.86 bits per heavy atom. The van der Waals surface area contributed by atoms with Gasteiger partial charge in [-0.25, -0.2) is 4.39 Å². The van der Waals surface area contributed by atoms with E-state index in [0.717, 1.165) is 12.1 Å². The predicted octanol–water partition coefficient (Wildman–Crippen LogP) is 4.86. The molecule has 1 atom stereocenters. The van der Waals surface area contributed by atoms with Crippen molar-refractivity contribution in [3.63, 3.8) is 0 Å². The first kappa shape index (κ1) is 18.5. The largest absolute Gasteiger partial charge is 0.573 e. The summed E-state index contributed by atoms with van der Waals surface area (Å²) in [6.45, 7) is 2.60. The minimum atomic E-state index is -5.29. The highest BCUT2D eigenvalue weighted by atomic mass is 28.3. The monoisotopic (exact) mass is 346 g/mol. The minimum Gasteiger partial charge on any atom is -0.406 e. The van der Waals surface area contributed by atoms with Crippen LogP contribution in [-0.2, 0) is 4.74 Å². The summed E-state index contributed by atoms with van der Waals surface area (Å²) in [6.07, 6.45) is -14.0. The van der Waals surface area contributed by atoms with Crippen LogP contribution in [0, 0.1) is 0 Å². The number of rotatable bonds is 4. The fourth-order valence-electron chi connectivity index (χ4n) is 1.84. The molecule has 0 aromatic heterocycles. The van der Waals surface area contributed by atoms with Crippen LogP contribution in [-0.4, -0.2) is 27.5 Å². The lowest BCUT2D eigenvalue weighted by Crippen LogP contribution is -2.33. The zero-order valence-electron chi connectivity index (χ0n) is 11.6. The van der Waals surface area contributed by atoms with E-state index in [0.29, 0.717) is 0 Å². The lowest BCUT2D eigenvalue weighted by molar-refractivity contribution is -0.290. The summed E-state index contributed by atoms with van der Waals surface area (Å²) in [5.41, 5.74) is -0.247. The number of allylic oxidation sites excluding steroid dienone is 1. The van der Waals surface area contributed by atoms with Crippen LogP contribution < -0.4 is 0 Å². The van der Waals surface area contributed by atoms with Crippen LogP contribution in [0.25, 0.3) is 5.76 Å². The molecule has 0 aliphatic heterocycles. The normalized spacial score (nSPS) is 15.5. The van der Waals surface area contributed by atoms with E-state index in [-0.39, 0.29) is 5.56 Å².